The molecule has 1 N–H and O–H groups in total. The highest BCUT2D eigenvalue weighted by molar-refractivity contribution is 5.95. The van der Waals surface area contributed by atoms with Crippen LogP contribution in [-0.2, 0) is 6.54 Å². The Bertz CT molecular complexity index is 885. The number of carbonyl (C=O) groups excluding carboxylic acids is 1. The fourth-order valence-corrected chi connectivity index (χ4v) is 2.54. The zero-order chi connectivity index (χ0) is 17.8. The number of hydrogen-bond acceptors (Lipinski definition) is 5. The van der Waals surface area contributed by atoms with Gasteiger partial charge in [-0.05, 0) is 50.2 Å². The van der Waals surface area contributed by atoms with Crippen molar-refractivity contribution in [1.29, 1.82) is 0 Å². The van der Waals surface area contributed by atoms with Crippen LogP contribution in [0.5, 0.6) is 5.75 Å². The largest absolute Gasteiger partial charge is 0.497 e. The van der Waals surface area contributed by atoms with Crippen molar-refractivity contribution in [2.45, 2.75) is 20.4 Å². The molecule has 1 aromatic carbocycles. The maximum atomic E-state index is 12.2. The average molecular weight is 337 g/mol. The van der Waals surface area contributed by atoms with E-state index in [2.05, 4.69) is 15.3 Å². The number of aromatic nitrogens is 2. The summed E-state index contributed by atoms with van der Waals surface area (Å²) in [5, 5.41) is 2.86. The van der Waals surface area contributed by atoms with Gasteiger partial charge in [0.15, 0.2) is 0 Å². The minimum atomic E-state index is -0.182. The number of nitrogens with zero attached hydrogens (tertiary/aromatic N) is 2. The third kappa shape index (κ3) is 3.85. The summed E-state index contributed by atoms with van der Waals surface area (Å²) in [5.41, 5.74) is 3.02. The topological polar surface area (TPSA) is 77.2 Å². The molecule has 128 valence electrons. The summed E-state index contributed by atoms with van der Waals surface area (Å²) in [6.45, 7) is 3.90. The Morgan fingerprint density at radius 2 is 1.92 bits per heavy atom. The van der Waals surface area contributed by atoms with Gasteiger partial charge in [0.1, 0.15) is 23.6 Å². The molecule has 0 aliphatic rings. The van der Waals surface area contributed by atoms with E-state index in [1.54, 1.807) is 20.1 Å². The third-order valence-electron chi connectivity index (χ3n) is 3.83. The van der Waals surface area contributed by atoms with Crippen LogP contribution in [0.3, 0.4) is 0 Å². The highest BCUT2D eigenvalue weighted by Gasteiger charge is 2.13. The van der Waals surface area contributed by atoms with Gasteiger partial charge in [0.25, 0.3) is 5.91 Å². The number of methoxy groups -OCH3 is 1. The van der Waals surface area contributed by atoms with Crippen LogP contribution in [0.25, 0.3) is 11.3 Å². The lowest BCUT2D eigenvalue weighted by Gasteiger charge is -2.06. The first-order valence-corrected chi connectivity index (χ1v) is 7.87. The van der Waals surface area contributed by atoms with Crippen LogP contribution >= 0.6 is 0 Å². The monoisotopic (exact) mass is 337 g/mol. The first kappa shape index (κ1) is 16.7. The van der Waals surface area contributed by atoms with Crippen LogP contribution in [0.4, 0.5) is 0 Å². The summed E-state index contributed by atoms with van der Waals surface area (Å²) < 4.78 is 10.5. The molecule has 0 spiro atoms. The molecule has 6 nitrogen and oxygen atoms in total. The van der Waals surface area contributed by atoms with Gasteiger partial charge in [-0.3, -0.25) is 4.79 Å². The summed E-state index contributed by atoms with van der Waals surface area (Å²) in [7, 11) is 1.63. The van der Waals surface area contributed by atoms with E-state index < -0.39 is 0 Å². The quantitative estimate of drug-likeness (QED) is 0.773. The molecule has 0 radical (unpaired) electrons. The Morgan fingerprint density at radius 3 is 2.56 bits per heavy atom. The summed E-state index contributed by atoms with van der Waals surface area (Å²) in [6.07, 6.45) is 1.49. The lowest BCUT2D eigenvalue weighted by Crippen LogP contribution is -2.23. The van der Waals surface area contributed by atoms with Crippen molar-refractivity contribution in [1.82, 2.24) is 15.3 Å². The number of aryl methyl sites for hydroxylation is 2. The maximum absolute atomic E-state index is 12.2. The number of hydrogen-bond donors (Lipinski definition) is 1. The van der Waals surface area contributed by atoms with Crippen molar-refractivity contribution >= 4 is 5.91 Å². The molecular formula is C19H19N3O3. The van der Waals surface area contributed by atoms with E-state index in [1.807, 2.05) is 37.3 Å². The van der Waals surface area contributed by atoms with E-state index in [0.717, 1.165) is 22.7 Å². The summed E-state index contributed by atoms with van der Waals surface area (Å²) in [6, 6.07) is 11.2. The molecule has 25 heavy (non-hydrogen) atoms. The Hall–Kier alpha value is -3.15. The Labute approximate surface area is 145 Å². The number of ether oxygens (including phenoxy) is 1. The van der Waals surface area contributed by atoms with Crippen molar-refractivity contribution in [3.05, 3.63) is 65.5 Å². The van der Waals surface area contributed by atoms with Gasteiger partial charge in [-0.15, -0.1) is 0 Å². The molecule has 0 saturated carbocycles. The van der Waals surface area contributed by atoms with Crippen molar-refractivity contribution in [2.24, 2.45) is 0 Å². The van der Waals surface area contributed by atoms with Crippen LogP contribution in [0.15, 0.2) is 47.1 Å². The second-order valence-corrected chi connectivity index (χ2v) is 5.63. The average Bonchev–Trinajstić information content (AvgIpc) is 2.98. The number of nitrogens with one attached hydrogen (secondary N) is 1. The molecule has 0 saturated heterocycles. The van der Waals surface area contributed by atoms with Gasteiger partial charge in [0, 0.05) is 5.56 Å². The van der Waals surface area contributed by atoms with Crippen LogP contribution in [0.1, 0.15) is 27.6 Å². The van der Waals surface area contributed by atoms with Crippen molar-refractivity contribution < 1.29 is 13.9 Å². The molecule has 3 aromatic rings. The molecule has 0 aliphatic carbocycles. The van der Waals surface area contributed by atoms with Crippen LogP contribution in [-0.4, -0.2) is 23.0 Å². The van der Waals surface area contributed by atoms with Crippen molar-refractivity contribution in [3.8, 4) is 17.0 Å². The first-order valence-electron chi connectivity index (χ1n) is 7.87. The minimum absolute atomic E-state index is 0.182. The highest BCUT2D eigenvalue weighted by Crippen LogP contribution is 2.20. The molecule has 0 aliphatic heterocycles. The standard InChI is InChI=1S/C19H19N3O3/c1-12-8-17(13(2)25-12)19(23)20-10-15-9-18(22-11-21-15)14-4-6-16(24-3)7-5-14/h4-9,11H,10H2,1-3H3,(H,20,23). The summed E-state index contributed by atoms with van der Waals surface area (Å²) in [5.74, 6) is 1.93. The second kappa shape index (κ2) is 7.17. The molecule has 0 fully saturated rings. The maximum Gasteiger partial charge on any atom is 0.255 e. The molecule has 2 aromatic heterocycles. The lowest BCUT2D eigenvalue weighted by atomic mass is 10.1. The molecular weight excluding hydrogens is 318 g/mol. The van der Waals surface area contributed by atoms with Gasteiger partial charge in [0.05, 0.1) is 30.6 Å². The molecule has 0 unspecified atom stereocenters. The van der Waals surface area contributed by atoms with E-state index in [4.69, 9.17) is 9.15 Å². The van der Waals surface area contributed by atoms with Gasteiger partial charge >= 0.3 is 0 Å². The van der Waals surface area contributed by atoms with Gasteiger partial charge < -0.3 is 14.5 Å². The molecule has 1 amide bonds. The Balaban J connectivity index is 1.71. The Morgan fingerprint density at radius 1 is 1.16 bits per heavy atom. The van der Waals surface area contributed by atoms with Crippen LogP contribution in [0, 0.1) is 13.8 Å². The predicted octanol–water partition coefficient (Wildman–Crippen LogP) is 3.29. The first-order chi connectivity index (χ1) is 12.1. The van der Waals surface area contributed by atoms with Gasteiger partial charge in [0.2, 0.25) is 0 Å². The number of benzene rings is 1. The van der Waals surface area contributed by atoms with Crippen molar-refractivity contribution in [2.75, 3.05) is 7.11 Å². The van der Waals surface area contributed by atoms with E-state index in [1.165, 1.54) is 6.33 Å². The van der Waals surface area contributed by atoms with E-state index in [0.29, 0.717) is 23.6 Å². The SMILES string of the molecule is COc1ccc(-c2cc(CNC(=O)c3cc(C)oc3C)ncn2)cc1. The van der Waals surface area contributed by atoms with Crippen LogP contribution in [0.2, 0.25) is 0 Å². The minimum Gasteiger partial charge on any atom is -0.497 e. The lowest BCUT2D eigenvalue weighted by molar-refractivity contribution is 0.0949. The molecule has 0 bridgehead atoms. The second-order valence-electron chi connectivity index (χ2n) is 5.63. The fourth-order valence-electron chi connectivity index (χ4n) is 2.54. The molecule has 6 heteroatoms. The van der Waals surface area contributed by atoms with Gasteiger partial charge in [-0.25, -0.2) is 9.97 Å². The van der Waals surface area contributed by atoms with E-state index in [-0.39, 0.29) is 5.91 Å². The fraction of sp³-hybridized carbons (Fsp3) is 0.211. The normalized spacial score (nSPS) is 10.5. The van der Waals surface area contributed by atoms with Gasteiger partial charge in [-0.1, -0.05) is 0 Å². The van der Waals surface area contributed by atoms with Crippen molar-refractivity contribution in [3.63, 3.8) is 0 Å². The number of rotatable bonds is 5. The van der Waals surface area contributed by atoms with Crippen LogP contribution < -0.4 is 10.1 Å². The smallest absolute Gasteiger partial charge is 0.255 e. The predicted molar refractivity (Wildman–Crippen MR) is 93.4 cm³/mol. The Kier molecular flexibility index (Phi) is 4.79. The molecule has 3 rings (SSSR count). The zero-order valence-electron chi connectivity index (χ0n) is 14.4. The third-order valence-corrected chi connectivity index (χ3v) is 3.83. The van der Waals surface area contributed by atoms with Gasteiger partial charge in [-0.2, -0.15) is 0 Å². The summed E-state index contributed by atoms with van der Waals surface area (Å²) in [4.78, 5) is 20.8. The highest BCUT2D eigenvalue weighted by atomic mass is 16.5. The van der Waals surface area contributed by atoms with E-state index in [9.17, 15) is 4.79 Å². The molecule has 0 atom stereocenters. The number of carbonyl (C=O) groups is 1. The summed E-state index contributed by atoms with van der Waals surface area (Å²) >= 11 is 0. The number of furan rings is 1. The van der Waals surface area contributed by atoms with E-state index >= 15 is 0 Å². The zero-order valence-corrected chi connectivity index (χ0v) is 14.4. The number of amides is 1. The molecule has 2 heterocycles.